The van der Waals surface area contributed by atoms with Gasteiger partial charge in [-0.3, -0.25) is 9.59 Å². The van der Waals surface area contributed by atoms with Gasteiger partial charge in [-0.05, 0) is 55.0 Å². The summed E-state index contributed by atoms with van der Waals surface area (Å²) in [6.07, 6.45) is 1.03. The molecule has 8 nitrogen and oxygen atoms in total. The van der Waals surface area contributed by atoms with E-state index in [4.69, 9.17) is 10.3 Å². The number of amides is 2. The lowest BCUT2D eigenvalue weighted by Gasteiger charge is -2.09. The molecule has 0 spiro atoms. The molecule has 0 aliphatic carbocycles. The third kappa shape index (κ3) is 4.04. The van der Waals surface area contributed by atoms with Gasteiger partial charge >= 0.3 is 0 Å². The summed E-state index contributed by atoms with van der Waals surface area (Å²) in [4.78, 5) is 28.1. The van der Waals surface area contributed by atoms with Gasteiger partial charge in [-0.1, -0.05) is 23.9 Å². The van der Waals surface area contributed by atoms with Crippen LogP contribution in [0.5, 0.6) is 0 Å². The summed E-state index contributed by atoms with van der Waals surface area (Å²) in [5, 5.41) is 9.52. The van der Waals surface area contributed by atoms with E-state index in [1.54, 1.807) is 12.1 Å². The molecule has 4 rings (SSSR count). The van der Waals surface area contributed by atoms with Gasteiger partial charge in [-0.15, -0.1) is 0 Å². The fourth-order valence-electron chi connectivity index (χ4n) is 3.21. The Balaban J connectivity index is 1.54. The summed E-state index contributed by atoms with van der Waals surface area (Å²) in [6, 6.07) is 12.7. The van der Waals surface area contributed by atoms with Crippen LogP contribution in [0.1, 0.15) is 16.1 Å². The van der Waals surface area contributed by atoms with E-state index in [1.807, 2.05) is 25.1 Å². The smallest absolute Gasteiger partial charge is 0.255 e. The number of nitrogens with zero attached hydrogens (tertiary/aromatic N) is 2. The number of benzene rings is 2. The number of aryl methyl sites for hydroxylation is 1. The van der Waals surface area contributed by atoms with Crippen molar-refractivity contribution in [2.75, 3.05) is 16.4 Å². The summed E-state index contributed by atoms with van der Waals surface area (Å²) in [7, 11) is 0. The summed E-state index contributed by atoms with van der Waals surface area (Å²) >= 11 is 0. The van der Waals surface area contributed by atoms with Gasteiger partial charge in [-0.25, -0.2) is 9.37 Å². The van der Waals surface area contributed by atoms with E-state index in [0.717, 1.165) is 29.0 Å². The maximum absolute atomic E-state index is 14.2. The SMILES string of the molecule is C=CC(=O)Nc1ccc(C(=O)Nc2ccc(-c3cc(C)nc4noc(N)c34)cc2)cc1F. The highest BCUT2D eigenvalue weighted by Crippen LogP contribution is 2.33. The van der Waals surface area contributed by atoms with E-state index in [-0.39, 0.29) is 17.1 Å². The zero-order chi connectivity index (χ0) is 22.8. The van der Waals surface area contributed by atoms with E-state index in [0.29, 0.717) is 16.7 Å². The molecule has 4 N–H and O–H groups in total. The first-order valence-electron chi connectivity index (χ1n) is 9.53. The molecule has 0 unspecified atom stereocenters. The largest absolute Gasteiger partial charge is 0.367 e. The van der Waals surface area contributed by atoms with Crippen LogP contribution in [0.2, 0.25) is 0 Å². The quantitative estimate of drug-likeness (QED) is 0.405. The minimum absolute atomic E-state index is 0.0391. The molecule has 32 heavy (non-hydrogen) atoms. The molecule has 0 fully saturated rings. The molecule has 2 amide bonds. The monoisotopic (exact) mass is 431 g/mol. The first-order chi connectivity index (χ1) is 15.4. The van der Waals surface area contributed by atoms with Gasteiger partial charge < -0.3 is 20.9 Å². The topological polar surface area (TPSA) is 123 Å². The molecule has 2 aromatic heterocycles. The third-order valence-corrected chi connectivity index (χ3v) is 4.73. The van der Waals surface area contributed by atoms with Gasteiger partial charge in [0.15, 0.2) is 0 Å². The van der Waals surface area contributed by atoms with Crippen LogP contribution in [-0.4, -0.2) is 22.0 Å². The number of nitrogen functional groups attached to an aromatic ring is 1. The van der Waals surface area contributed by atoms with Crippen molar-refractivity contribution in [3.63, 3.8) is 0 Å². The van der Waals surface area contributed by atoms with Crippen molar-refractivity contribution >= 4 is 40.1 Å². The highest BCUT2D eigenvalue weighted by Gasteiger charge is 2.15. The number of hydrogen-bond acceptors (Lipinski definition) is 6. The van der Waals surface area contributed by atoms with E-state index in [1.165, 1.54) is 12.1 Å². The van der Waals surface area contributed by atoms with Crippen molar-refractivity contribution in [2.24, 2.45) is 0 Å². The molecule has 0 aliphatic heterocycles. The van der Waals surface area contributed by atoms with Gasteiger partial charge in [0.25, 0.3) is 5.91 Å². The Morgan fingerprint density at radius 3 is 2.56 bits per heavy atom. The van der Waals surface area contributed by atoms with Crippen molar-refractivity contribution in [3.05, 3.63) is 78.3 Å². The zero-order valence-electron chi connectivity index (χ0n) is 17.0. The zero-order valence-corrected chi connectivity index (χ0v) is 17.0. The molecule has 2 heterocycles. The number of pyridine rings is 1. The third-order valence-electron chi connectivity index (χ3n) is 4.73. The molecule has 160 valence electrons. The minimum Gasteiger partial charge on any atom is -0.367 e. The van der Waals surface area contributed by atoms with Crippen LogP contribution < -0.4 is 16.4 Å². The number of carbonyl (C=O) groups is 2. The molecule has 0 aliphatic rings. The molecule has 2 aromatic carbocycles. The van der Waals surface area contributed by atoms with E-state index in [2.05, 4.69) is 27.4 Å². The molecular formula is C23H18FN5O3. The predicted octanol–water partition coefficient (Wildman–Crippen LogP) is 4.30. The highest BCUT2D eigenvalue weighted by atomic mass is 19.1. The van der Waals surface area contributed by atoms with Crippen LogP contribution in [0.3, 0.4) is 0 Å². The molecule has 4 aromatic rings. The average Bonchev–Trinajstić information content (AvgIpc) is 3.15. The fourth-order valence-corrected chi connectivity index (χ4v) is 3.21. The number of halogens is 1. The van der Waals surface area contributed by atoms with Gasteiger partial charge in [0.1, 0.15) is 5.82 Å². The number of fused-ring (bicyclic) bond motifs is 1. The second-order valence-corrected chi connectivity index (χ2v) is 6.98. The lowest BCUT2D eigenvalue weighted by Crippen LogP contribution is -2.13. The van der Waals surface area contributed by atoms with E-state index in [9.17, 15) is 14.0 Å². The first-order valence-corrected chi connectivity index (χ1v) is 9.53. The summed E-state index contributed by atoms with van der Waals surface area (Å²) < 4.78 is 19.2. The van der Waals surface area contributed by atoms with Gasteiger partial charge in [-0.2, -0.15) is 0 Å². The molecule has 0 saturated carbocycles. The highest BCUT2D eigenvalue weighted by molar-refractivity contribution is 6.05. The maximum Gasteiger partial charge on any atom is 0.255 e. The second-order valence-electron chi connectivity index (χ2n) is 6.98. The van der Waals surface area contributed by atoms with Crippen molar-refractivity contribution in [1.29, 1.82) is 0 Å². The number of aromatic nitrogens is 2. The Morgan fingerprint density at radius 1 is 1.12 bits per heavy atom. The van der Waals surface area contributed by atoms with E-state index >= 15 is 0 Å². The number of hydrogen-bond donors (Lipinski definition) is 3. The normalized spacial score (nSPS) is 10.7. The Labute approximate surface area is 181 Å². The standard InChI is InChI=1S/C23H18FN5O3/c1-3-19(30)28-18-9-6-14(11-17(18)24)23(31)27-15-7-4-13(5-8-15)16-10-12(2)26-22-20(16)21(25)32-29-22/h3-11H,1,25H2,2H3,(H,27,31)(H,28,30). The van der Waals surface area contributed by atoms with Gasteiger partial charge in [0.05, 0.1) is 11.1 Å². The molecular weight excluding hydrogens is 413 g/mol. The van der Waals surface area contributed by atoms with Gasteiger partial charge in [0.2, 0.25) is 17.4 Å². The lowest BCUT2D eigenvalue weighted by atomic mass is 10.0. The number of nitrogens with one attached hydrogen (secondary N) is 2. The molecule has 0 atom stereocenters. The minimum atomic E-state index is -0.730. The second kappa shape index (κ2) is 8.31. The number of anilines is 3. The molecule has 0 radical (unpaired) electrons. The summed E-state index contributed by atoms with van der Waals surface area (Å²) in [5.41, 5.74) is 9.30. The number of nitrogens with two attached hydrogens (primary N) is 1. The Kier molecular flexibility index (Phi) is 5.38. The maximum atomic E-state index is 14.2. The van der Waals surface area contributed by atoms with Crippen LogP contribution in [0, 0.1) is 12.7 Å². The van der Waals surface area contributed by atoms with Crippen molar-refractivity contribution < 1.29 is 18.5 Å². The van der Waals surface area contributed by atoms with Crippen LogP contribution >= 0.6 is 0 Å². The molecule has 9 heteroatoms. The van der Waals surface area contributed by atoms with Gasteiger partial charge in [0, 0.05) is 22.5 Å². The van der Waals surface area contributed by atoms with Crippen LogP contribution in [-0.2, 0) is 4.79 Å². The molecule has 0 saturated heterocycles. The number of carbonyl (C=O) groups excluding carboxylic acids is 2. The Hall–Kier alpha value is -4.53. The Morgan fingerprint density at radius 2 is 1.88 bits per heavy atom. The Bertz CT molecular complexity index is 1360. The van der Waals surface area contributed by atoms with Crippen LogP contribution in [0.4, 0.5) is 21.6 Å². The summed E-state index contributed by atoms with van der Waals surface area (Å²) in [6.45, 7) is 5.15. The van der Waals surface area contributed by atoms with Crippen molar-refractivity contribution in [3.8, 4) is 11.1 Å². The van der Waals surface area contributed by atoms with Crippen molar-refractivity contribution in [1.82, 2.24) is 10.1 Å². The van der Waals surface area contributed by atoms with Crippen LogP contribution in [0.25, 0.3) is 22.2 Å². The van der Waals surface area contributed by atoms with Crippen LogP contribution in [0.15, 0.2) is 65.7 Å². The molecule has 0 bridgehead atoms. The summed E-state index contributed by atoms with van der Waals surface area (Å²) in [5.74, 6) is -1.60. The van der Waals surface area contributed by atoms with Crippen molar-refractivity contribution in [2.45, 2.75) is 6.92 Å². The predicted molar refractivity (Wildman–Crippen MR) is 120 cm³/mol. The average molecular weight is 431 g/mol. The van der Waals surface area contributed by atoms with E-state index < -0.39 is 17.6 Å². The number of rotatable bonds is 5. The first kappa shape index (κ1) is 20.7. The lowest BCUT2D eigenvalue weighted by molar-refractivity contribution is -0.111. The fraction of sp³-hybridized carbons (Fsp3) is 0.0435.